The predicted molar refractivity (Wildman–Crippen MR) is 147 cm³/mol. The number of aryl methyl sites for hydroxylation is 2. The lowest BCUT2D eigenvalue weighted by atomic mass is 10.0. The summed E-state index contributed by atoms with van der Waals surface area (Å²) in [5, 5.41) is 1.22. The fraction of sp³-hybridized carbons (Fsp3) is 0.355. The predicted octanol–water partition coefficient (Wildman–Crippen LogP) is 6.81. The molecular formula is C31H37N3O. The summed E-state index contributed by atoms with van der Waals surface area (Å²) >= 11 is 0. The Morgan fingerprint density at radius 2 is 1.54 bits per heavy atom. The Morgan fingerprint density at radius 1 is 0.829 bits per heavy atom. The van der Waals surface area contributed by atoms with Crippen LogP contribution >= 0.6 is 0 Å². The van der Waals surface area contributed by atoms with Gasteiger partial charge in [-0.15, -0.1) is 0 Å². The number of fused-ring (bicyclic) bond motifs is 1. The van der Waals surface area contributed by atoms with Crippen molar-refractivity contribution in [1.82, 2.24) is 9.47 Å². The molecule has 0 atom stereocenters. The monoisotopic (exact) mass is 467 g/mol. The number of nitrogens with zero attached hydrogens (tertiary/aromatic N) is 2. The number of rotatable bonds is 7. The van der Waals surface area contributed by atoms with Gasteiger partial charge in [-0.25, -0.2) is 0 Å². The van der Waals surface area contributed by atoms with Crippen molar-refractivity contribution in [3.8, 4) is 17.0 Å². The van der Waals surface area contributed by atoms with E-state index in [-0.39, 0.29) is 0 Å². The van der Waals surface area contributed by atoms with Gasteiger partial charge in [0.25, 0.3) is 0 Å². The lowest BCUT2D eigenvalue weighted by molar-refractivity contribution is 0.214. The zero-order valence-electron chi connectivity index (χ0n) is 21.1. The molecule has 5 rings (SSSR count). The second-order valence-corrected chi connectivity index (χ2v) is 9.95. The van der Waals surface area contributed by atoms with E-state index in [1.807, 2.05) is 6.07 Å². The number of anilines is 1. The van der Waals surface area contributed by atoms with Crippen molar-refractivity contribution in [3.63, 3.8) is 0 Å². The van der Waals surface area contributed by atoms with E-state index in [0.717, 1.165) is 31.1 Å². The molecule has 35 heavy (non-hydrogen) atoms. The SMILES string of the molecule is Cc1ccc(-c2c(C)c3cc(N)ccc3n2Cc2ccc(OCCN3CCCCCC3)cc2)cc1. The van der Waals surface area contributed by atoms with Crippen molar-refractivity contribution in [2.75, 3.05) is 32.0 Å². The highest BCUT2D eigenvalue weighted by molar-refractivity contribution is 5.93. The molecule has 3 aromatic carbocycles. The summed E-state index contributed by atoms with van der Waals surface area (Å²) in [5.41, 5.74) is 14.4. The van der Waals surface area contributed by atoms with E-state index >= 15 is 0 Å². The number of nitrogen functional groups attached to an aromatic ring is 1. The molecular weight excluding hydrogens is 430 g/mol. The van der Waals surface area contributed by atoms with E-state index in [1.54, 1.807) is 0 Å². The van der Waals surface area contributed by atoms with Gasteiger partial charge >= 0.3 is 0 Å². The zero-order valence-corrected chi connectivity index (χ0v) is 21.1. The van der Waals surface area contributed by atoms with Crippen LogP contribution in [0.4, 0.5) is 5.69 Å². The topological polar surface area (TPSA) is 43.4 Å². The van der Waals surface area contributed by atoms with Gasteiger partial charge in [0.15, 0.2) is 0 Å². The molecule has 1 aromatic heterocycles. The van der Waals surface area contributed by atoms with Crippen molar-refractivity contribution in [2.45, 2.75) is 46.1 Å². The number of ether oxygens (including phenoxy) is 1. The van der Waals surface area contributed by atoms with Crippen molar-refractivity contribution in [2.24, 2.45) is 0 Å². The molecule has 1 aliphatic heterocycles. The van der Waals surface area contributed by atoms with Crippen LogP contribution in [0.25, 0.3) is 22.2 Å². The third kappa shape index (κ3) is 5.38. The minimum Gasteiger partial charge on any atom is -0.492 e. The van der Waals surface area contributed by atoms with E-state index < -0.39 is 0 Å². The first-order valence-corrected chi connectivity index (χ1v) is 13.0. The second-order valence-electron chi connectivity index (χ2n) is 9.95. The maximum atomic E-state index is 6.15. The molecule has 0 amide bonds. The first-order valence-electron chi connectivity index (χ1n) is 13.0. The third-order valence-electron chi connectivity index (χ3n) is 7.30. The maximum Gasteiger partial charge on any atom is 0.119 e. The standard InChI is InChI=1S/C31H37N3O/c1-23-7-11-26(12-8-23)31-24(2)29-21-27(32)13-16-30(29)34(31)22-25-9-14-28(15-10-25)35-20-19-33-17-5-3-4-6-18-33/h7-16,21H,3-6,17-20,22,32H2,1-2H3. The van der Waals surface area contributed by atoms with Gasteiger partial charge in [0.2, 0.25) is 0 Å². The molecule has 1 saturated heterocycles. The van der Waals surface area contributed by atoms with Gasteiger partial charge in [0, 0.05) is 29.7 Å². The average Bonchev–Trinajstić information content (AvgIpc) is 3.01. The van der Waals surface area contributed by atoms with Gasteiger partial charge in [-0.3, -0.25) is 4.90 Å². The van der Waals surface area contributed by atoms with Crippen LogP contribution in [-0.2, 0) is 6.54 Å². The van der Waals surface area contributed by atoms with E-state index in [4.69, 9.17) is 10.5 Å². The Balaban J connectivity index is 1.35. The zero-order chi connectivity index (χ0) is 24.2. The van der Waals surface area contributed by atoms with Crippen LogP contribution in [0.1, 0.15) is 42.4 Å². The molecule has 1 fully saturated rings. The van der Waals surface area contributed by atoms with E-state index in [1.165, 1.54) is 77.6 Å². The summed E-state index contributed by atoms with van der Waals surface area (Å²) in [5.74, 6) is 0.948. The summed E-state index contributed by atoms with van der Waals surface area (Å²) in [6, 6.07) is 23.7. The molecule has 0 unspecified atom stereocenters. The molecule has 0 spiro atoms. The van der Waals surface area contributed by atoms with Crippen LogP contribution in [0, 0.1) is 13.8 Å². The Morgan fingerprint density at radius 3 is 2.26 bits per heavy atom. The molecule has 4 nitrogen and oxygen atoms in total. The molecule has 4 aromatic rings. The van der Waals surface area contributed by atoms with Crippen molar-refractivity contribution in [3.05, 3.63) is 83.4 Å². The fourth-order valence-electron chi connectivity index (χ4n) is 5.31. The number of hydrogen-bond donors (Lipinski definition) is 1. The van der Waals surface area contributed by atoms with Gasteiger partial charge in [-0.1, -0.05) is 54.8 Å². The highest BCUT2D eigenvalue weighted by Crippen LogP contribution is 2.35. The van der Waals surface area contributed by atoms with Gasteiger partial charge in [0.05, 0.1) is 5.69 Å². The molecule has 0 saturated carbocycles. The molecule has 0 bridgehead atoms. The fourth-order valence-corrected chi connectivity index (χ4v) is 5.31. The molecule has 2 N–H and O–H groups in total. The summed E-state index contributed by atoms with van der Waals surface area (Å²) in [6.45, 7) is 9.31. The number of aromatic nitrogens is 1. The Hall–Kier alpha value is -3.24. The van der Waals surface area contributed by atoms with Gasteiger partial charge < -0.3 is 15.0 Å². The van der Waals surface area contributed by atoms with Crippen LogP contribution in [0.2, 0.25) is 0 Å². The molecule has 0 radical (unpaired) electrons. The van der Waals surface area contributed by atoms with Crippen LogP contribution in [0.3, 0.4) is 0 Å². The van der Waals surface area contributed by atoms with Crippen molar-refractivity contribution < 1.29 is 4.74 Å². The smallest absolute Gasteiger partial charge is 0.119 e. The lowest BCUT2D eigenvalue weighted by Crippen LogP contribution is -2.29. The normalized spacial score (nSPS) is 14.8. The van der Waals surface area contributed by atoms with Crippen molar-refractivity contribution >= 4 is 16.6 Å². The molecule has 2 heterocycles. The lowest BCUT2D eigenvalue weighted by Gasteiger charge is -2.19. The van der Waals surface area contributed by atoms with Gasteiger partial charge in [-0.05, 0) is 86.8 Å². The highest BCUT2D eigenvalue weighted by atomic mass is 16.5. The number of nitrogens with two attached hydrogens (primary N) is 1. The number of likely N-dealkylation sites (tertiary alicyclic amines) is 1. The maximum absolute atomic E-state index is 6.15. The summed E-state index contributed by atoms with van der Waals surface area (Å²) in [6.07, 6.45) is 5.38. The highest BCUT2D eigenvalue weighted by Gasteiger charge is 2.16. The summed E-state index contributed by atoms with van der Waals surface area (Å²) < 4.78 is 8.50. The van der Waals surface area contributed by atoms with Crippen LogP contribution in [-0.4, -0.2) is 35.7 Å². The summed E-state index contributed by atoms with van der Waals surface area (Å²) in [4.78, 5) is 2.54. The van der Waals surface area contributed by atoms with Crippen LogP contribution in [0.5, 0.6) is 5.75 Å². The van der Waals surface area contributed by atoms with Crippen molar-refractivity contribution in [1.29, 1.82) is 0 Å². The Labute approximate surface area is 209 Å². The molecule has 182 valence electrons. The number of hydrogen-bond acceptors (Lipinski definition) is 3. The third-order valence-corrected chi connectivity index (χ3v) is 7.30. The second kappa shape index (κ2) is 10.6. The van der Waals surface area contributed by atoms with Crippen LogP contribution in [0.15, 0.2) is 66.7 Å². The molecule has 1 aliphatic rings. The molecule has 4 heteroatoms. The van der Waals surface area contributed by atoms with E-state index in [9.17, 15) is 0 Å². The van der Waals surface area contributed by atoms with Gasteiger partial charge in [0.1, 0.15) is 12.4 Å². The number of benzene rings is 3. The quantitative estimate of drug-likeness (QED) is 0.304. The largest absolute Gasteiger partial charge is 0.492 e. The Kier molecular flexibility index (Phi) is 7.10. The first-order chi connectivity index (χ1) is 17.1. The average molecular weight is 468 g/mol. The Bertz CT molecular complexity index is 1260. The molecule has 0 aliphatic carbocycles. The van der Waals surface area contributed by atoms with Gasteiger partial charge in [-0.2, -0.15) is 0 Å². The van der Waals surface area contributed by atoms with E-state index in [2.05, 4.69) is 84.0 Å². The van der Waals surface area contributed by atoms with E-state index in [0.29, 0.717) is 0 Å². The first kappa shape index (κ1) is 23.5. The minimum atomic E-state index is 0.750. The minimum absolute atomic E-state index is 0.750. The summed E-state index contributed by atoms with van der Waals surface area (Å²) in [7, 11) is 0. The van der Waals surface area contributed by atoms with Crippen LogP contribution < -0.4 is 10.5 Å².